The molecule has 9 atom stereocenters. The van der Waals surface area contributed by atoms with E-state index in [4.69, 9.17) is 0 Å². The molecule has 0 amide bonds. The molecule has 9 unspecified atom stereocenters. The topological polar surface area (TPSA) is 74.6 Å². The van der Waals surface area contributed by atoms with Gasteiger partial charge in [0.15, 0.2) is 0 Å². The Morgan fingerprint density at radius 3 is 2.19 bits per heavy atom. The smallest absolute Gasteiger partial charge is 0.335 e. The van der Waals surface area contributed by atoms with Crippen molar-refractivity contribution in [3.05, 3.63) is 53.6 Å². The van der Waals surface area contributed by atoms with Gasteiger partial charge in [0.1, 0.15) is 0 Å². The molecule has 0 radical (unpaired) electrons. The first-order valence-electron chi connectivity index (χ1n) is 16.5. The third-order valence-corrected chi connectivity index (χ3v) is 14.7. The molecule has 0 aromatic heterocycles. The number of hydrogen-bond donors (Lipinski definition) is 2. The number of fused-ring (bicyclic) bond motifs is 8. The molecule has 42 heavy (non-hydrogen) atoms. The van der Waals surface area contributed by atoms with Gasteiger partial charge in [-0.3, -0.25) is 4.79 Å². The van der Waals surface area contributed by atoms with Crippen molar-refractivity contribution in [1.82, 2.24) is 0 Å². The second kappa shape index (κ2) is 9.57. The third kappa shape index (κ3) is 3.91. The van der Waals surface area contributed by atoms with E-state index in [-0.39, 0.29) is 27.6 Å². The van der Waals surface area contributed by atoms with Crippen LogP contribution in [0.2, 0.25) is 0 Å². The number of carboxylic acids is 2. The molecule has 0 spiro atoms. The van der Waals surface area contributed by atoms with Gasteiger partial charge in [-0.1, -0.05) is 65.0 Å². The normalized spacial score (nSPS) is 44.0. The van der Waals surface area contributed by atoms with Crippen LogP contribution in [0.15, 0.2) is 42.5 Å². The fraction of sp³-hybridized carbons (Fsp3) is 0.684. The summed E-state index contributed by atoms with van der Waals surface area (Å²) in [7, 11) is 0. The average Bonchev–Trinajstić information content (AvgIpc) is 3.22. The van der Waals surface area contributed by atoms with Gasteiger partial charge >= 0.3 is 11.9 Å². The van der Waals surface area contributed by atoms with Gasteiger partial charge in [-0.2, -0.15) is 0 Å². The zero-order valence-corrected chi connectivity index (χ0v) is 26.8. The van der Waals surface area contributed by atoms with Gasteiger partial charge in [0.25, 0.3) is 0 Å². The predicted molar refractivity (Wildman–Crippen MR) is 168 cm³/mol. The molecular weight excluding hydrogens is 520 g/mol. The zero-order chi connectivity index (χ0) is 30.5. The number of hydrogen-bond acceptors (Lipinski definition) is 2. The highest BCUT2D eigenvalue weighted by molar-refractivity contribution is 5.88. The highest BCUT2D eigenvalue weighted by Crippen LogP contribution is 2.74. The first-order valence-corrected chi connectivity index (χ1v) is 16.5. The van der Waals surface area contributed by atoms with Crippen LogP contribution in [0.3, 0.4) is 0 Å². The molecule has 5 aliphatic rings. The van der Waals surface area contributed by atoms with Gasteiger partial charge < -0.3 is 10.2 Å². The van der Waals surface area contributed by atoms with Crippen LogP contribution in [0.1, 0.15) is 122 Å². The maximum absolute atomic E-state index is 13.0. The Morgan fingerprint density at radius 1 is 0.881 bits per heavy atom. The lowest BCUT2D eigenvalue weighted by Crippen LogP contribution is -2.55. The van der Waals surface area contributed by atoms with Crippen LogP contribution in [-0.2, 0) is 4.79 Å². The summed E-state index contributed by atoms with van der Waals surface area (Å²) in [6.45, 7) is 19.1. The number of allylic oxidation sites excluding steroid dienone is 3. The molecule has 5 aliphatic carbocycles. The number of benzene rings is 1. The molecular formula is C38H52O4. The molecule has 6 rings (SSSR count). The summed E-state index contributed by atoms with van der Waals surface area (Å²) in [5.41, 5.74) is 3.92. The van der Waals surface area contributed by atoms with Gasteiger partial charge in [0.2, 0.25) is 0 Å². The molecule has 0 aliphatic heterocycles. The van der Waals surface area contributed by atoms with Crippen LogP contribution in [0, 0.1) is 56.7 Å². The molecule has 228 valence electrons. The van der Waals surface area contributed by atoms with Crippen molar-refractivity contribution >= 4 is 17.5 Å². The molecule has 4 saturated carbocycles. The third-order valence-electron chi connectivity index (χ3n) is 14.7. The first-order chi connectivity index (χ1) is 19.6. The van der Waals surface area contributed by atoms with Gasteiger partial charge in [0.05, 0.1) is 11.0 Å². The fourth-order valence-corrected chi connectivity index (χ4v) is 12.2. The average molecular weight is 573 g/mol. The molecule has 4 heteroatoms. The molecule has 4 fully saturated rings. The van der Waals surface area contributed by atoms with E-state index >= 15 is 0 Å². The van der Waals surface area contributed by atoms with Gasteiger partial charge in [0, 0.05) is 0 Å². The van der Waals surface area contributed by atoms with Crippen LogP contribution in [0.25, 0.3) is 5.57 Å². The Bertz CT molecular complexity index is 1340. The monoisotopic (exact) mass is 572 g/mol. The van der Waals surface area contributed by atoms with E-state index in [0.29, 0.717) is 29.2 Å². The van der Waals surface area contributed by atoms with Gasteiger partial charge in [-0.05, 0) is 146 Å². The minimum absolute atomic E-state index is 0.0255. The number of carboxylic acid groups (broad SMARTS) is 2. The zero-order valence-electron chi connectivity index (χ0n) is 26.8. The van der Waals surface area contributed by atoms with Gasteiger partial charge in [-0.25, -0.2) is 4.79 Å². The summed E-state index contributed by atoms with van der Waals surface area (Å²) < 4.78 is 0. The first kappa shape index (κ1) is 29.7. The van der Waals surface area contributed by atoms with Crippen LogP contribution in [0.5, 0.6) is 0 Å². The summed E-state index contributed by atoms with van der Waals surface area (Å²) in [6, 6.07) is 7.50. The maximum atomic E-state index is 13.0. The van der Waals surface area contributed by atoms with Crippen molar-refractivity contribution in [3.8, 4) is 0 Å². The molecule has 1 aromatic rings. The van der Waals surface area contributed by atoms with E-state index in [2.05, 4.69) is 54.2 Å². The van der Waals surface area contributed by atoms with Crippen molar-refractivity contribution in [2.75, 3.05) is 0 Å². The highest BCUT2D eigenvalue weighted by atomic mass is 16.4. The van der Waals surface area contributed by atoms with Crippen molar-refractivity contribution < 1.29 is 19.8 Å². The van der Waals surface area contributed by atoms with E-state index in [1.807, 2.05) is 12.1 Å². The number of aliphatic carboxylic acids is 1. The van der Waals surface area contributed by atoms with Crippen molar-refractivity contribution in [3.63, 3.8) is 0 Å². The molecule has 2 N–H and O–H groups in total. The Hall–Kier alpha value is -2.36. The lowest BCUT2D eigenvalue weighted by atomic mass is 9.44. The Kier molecular flexibility index (Phi) is 6.77. The van der Waals surface area contributed by atoms with Crippen LogP contribution < -0.4 is 0 Å². The standard InChI is InChI=1S/C38H52O4/c1-23(2)27-14-19-38(33(41)42)21-20-37(7)29(31(27)38)13-12-26-22-35(37,5)17-16-30-34(3,4)28(15-18-36(26,30)6)24-8-10-25(11-9-24)32(39)40/h8-11,15,26-27,29-31H,1,12-14,16-22H2,2-7H3,(H,39,40)(H,41,42). The number of rotatable bonds is 4. The van der Waals surface area contributed by atoms with Crippen LogP contribution >= 0.6 is 0 Å². The van der Waals surface area contributed by atoms with E-state index in [0.717, 1.165) is 44.1 Å². The SMILES string of the molecule is C=C(C)C1CCC2(C(=O)O)CCC3(C)C(CCC4CC3(C)CCC3C(C)(C)C(c5ccc(C(=O)O)cc5)=CCC43C)C12. The molecule has 0 saturated heterocycles. The second-order valence-electron chi connectivity index (χ2n) is 16.6. The van der Waals surface area contributed by atoms with Crippen molar-refractivity contribution in [2.24, 2.45) is 56.7 Å². The predicted octanol–water partition coefficient (Wildman–Crippen LogP) is 9.51. The summed E-state index contributed by atoms with van der Waals surface area (Å²) in [4.78, 5) is 24.5. The number of carbonyl (C=O) groups is 2. The number of aromatic carboxylic acids is 1. The minimum atomic E-state index is -0.881. The Labute approximate surface area is 253 Å². The minimum Gasteiger partial charge on any atom is -0.481 e. The lowest BCUT2D eigenvalue weighted by molar-refractivity contribution is -0.169. The molecule has 4 nitrogen and oxygen atoms in total. The van der Waals surface area contributed by atoms with E-state index in [1.54, 1.807) is 12.1 Å². The summed E-state index contributed by atoms with van der Waals surface area (Å²) in [5.74, 6) is 0.661. The summed E-state index contributed by atoms with van der Waals surface area (Å²) in [6.07, 6.45) is 13.1. The molecule has 0 heterocycles. The largest absolute Gasteiger partial charge is 0.481 e. The summed E-state index contributed by atoms with van der Waals surface area (Å²) >= 11 is 0. The van der Waals surface area contributed by atoms with Crippen molar-refractivity contribution in [2.45, 2.75) is 106 Å². The highest BCUT2D eigenvalue weighted by Gasteiger charge is 2.68. The van der Waals surface area contributed by atoms with E-state index < -0.39 is 17.4 Å². The van der Waals surface area contributed by atoms with Crippen LogP contribution in [-0.4, -0.2) is 22.2 Å². The Balaban J connectivity index is 1.39. The van der Waals surface area contributed by atoms with E-state index in [1.165, 1.54) is 36.8 Å². The Morgan fingerprint density at radius 2 is 1.57 bits per heavy atom. The second-order valence-corrected chi connectivity index (χ2v) is 16.6. The lowest BCUT2D eigenvalue weighted by Gasteiger charge is -2.59. The fourth-order valence-electron chi connectivity index (χ4n) is 12.2. The molecule has 2 bridgehead atoms. The van der Waals surface area contributed by atoms with Gasteiger partial charge in [-0.15, -0.1) is 0 Å². The maximum Gasteiger partial charge on any atom is 0.335 e. The molecule has 1 aromatic carbocycles. The van der Waals surface area contributed by atoms with Crippen LogP contribution in [0.4, 0.5) is 0 Å². The van der Waals surface area contributed by atoms with E-state index in [9.17, 15) is 19.8 Å². The summed E-state index contributed by atoms with van der Waals surface area (Å²) in [5, 5.41) is 20.1. The van der Waals surface area contributed by atoms with Crippen molar-refractivity contribution in [1.29, 1.82) is 0 Å². The quantitative estimate of drug-likeness (QED) is 0.352.